The van der Waals surface area contributed by atoms with Crippen molar-refractivity contribution >= 4 is 11.8 Å². The molecule has 0 atom stereocenters. The number of nitrogens with zero attached hydrogens (tertiary/aromatic N) is 1. The summed E-state index contributed by atoms with van der Waals surface area (Å²) in [4.78, 5) is 26.2. The number of fused-ring (bicyclic) bond motifs is 2. The van der Waals surface area contributed by atoms with Gasteiger partial charge in [0.15, 0.2) is 11.5 Å². The van der Waals surface area contributed by atoms with Gasteiger partial charge in [0, 0.05) is 5.56 Å². The van der Waals surface area contributed by atoms with Gasteiger partial charge in [0.1, 0.15) is 13.2 Å². The highest BCUT2D eigenvalue weighted by molar-refractivity contribution is 6.09. The number of amides is 2. The molecule has 2 aliphatic rings. The molecule has 116 valence electrons. The second-order valence-corrected chi connectivity index (χ2v) is 5.60. The van der Waals surface area contributed by atoms with Gasteiger partial charge in [-0.1, -0.05) is 24.3 Å². The summed E-state index contributed by atoms with van der Waals surface area (Å²) < 4.78 is 11.0. The van der Waals surface area contributed by atoms with Crippen LogP contribution in [0.25, 0.3) is 0 Å². The molecule has 0 saturated carbocycles. The maximum absolute atomic E-state index is 12.6. The molecule has 0 spiro atoms. The van der Waals surface area contributed by atoms with Gasteiger partial charge in [0.05, 0.1) is 13.0 Å². The molecule has 0 unspecified atom stereocenters. The molecule has 23 heavy (non-hydrogen) atoms. The Hall–Kier alpha value is -2.82. The van der Waals surface area contributed by atoms with E-state index >= 15 is 0 Å². The predicted molar refractivity (Wildman–Crippen MR) is 82.5 cm³/mol. The van der Waals surface area contributed by atoms with E-state index in [2.05, 4.69) is 0 Å². The summed E-state index contributed by atoms with van der Waals surface area (Å²) in [7, 11) is 0. The van der Waals surface area contributed by atoms with Gasteiger partial charge >= 0.3 is 0 Å². The third-order valence-electron chi connectivity index (χ3n) is 4.08. The Bertz CT molecular complexity index is 799. The van der Waals surface area contributed by atoms with Crippen molar-refractivity contribution in [2.24, 2.45) is 0 Å². The molecule has 0 saturated heterocycles. The maximum Gasteiger partial charge on any atom is 0.261 e. The van der Waals surface area contributed by atoms with Crippen molar-refractivity contribution in [1.29, 1.82) is 0 Å². The predicted octanol–water partition coefficient (Wildman–Crippen LogP) is 2.18. The number of ether oxygens (including phenoxy) is 2. The average molecular weight is 309 g/mol. The first-order valence-electron chi connectivity index (χ1n) is 7.53. The Morgan fingerprint density at radius 2 is 1.74 bits per heavy atom. The third-order valence-corrected chi connectivity index (χ3v) is 4.08. The lowest BCUT2D eigenvalue weighted by Crippen LogP contribution is -2.41. The van der Waals surface area contributed by atoms with E-state index in [1.807, 2.05) is 36.4 Å². The largest absolute Gasteiger partial charge is 0.486 e. The van der Waals surface area contributed by atoms with Crippen molar-refractivity contribution in [2.45, 2.75) is 13.0 Å². The molecule has 4 rings (SSSR count). The van der Waals surface area contributed by atoms with E-state index in [0.29, 0.717) is 30.3 Å². The van der Waals surface area contributed by atoms with Crippen LogP contribution in [0.3, 0.4) is 0 Å². The summed E-state index contributed by atoms with van der Waals surface area (Å²) in [5, 5.41) is 0. The summed E-state index contributed by atoms with van der Waals surface area (Å²) in [6.45, 7) is 1.28. The first-order valence-corrected chi connectivity index (χ1v) is 7.53. The van der Waals surface area contributed by atoms with Crippen molar-refractivity contribution < 1.29 is 19.1 Å². The Morgan fingerprint density at radius 1 is 0.957 bits per heavy atom. The summed E-state index contributed by atoms with van der Waals surface area (Å²) in [5.74, 6) is 0.933. The van der Waals surface area contributed by atoms with Crippen molar-refractivity contribution in [3.63, 3.8) is 0 Å². The topological polar surface area (TPSA) is 55.8 Å². The number of rotatable bonds is 2. The van der Waals surface area contributed by atoms with Crippen molar-refractivity contribution in [1.82, 2.24) is 4.90 Å². The molecule has 2 heterocycles. The van der Waals surface area contributed by atoms with E-state index in [4.69, 9.17) is 9.47 Å². The molecule has 0 aliphatic carbocycles. The van der Waals surface area contributed by atoms with Crippen LogP contribution < -0.4 is 9.47 Å². The quantitative estimate of drug-likeness (QED) is 0.798. The lowest BCUT2D eigenvalue weighted by atomic mass is 9.98. The Balaban J connectivity index is 1.62. The molecule has 2 aromatic rings. The standard InChI is InChI=1S/C18H15NO4/c20-17-10-13-3-1-2-4-14(13)18(21)19(17)11-12-5-6-15-16(9-12)23-8-7-22-15/h1-6,9H,7-8,10-11H2. The fourth-order valence-electron chi connectivity index (χ4n) is 2.93. The maximum atomic E-state index is 12.6. The number of hydrogen-bond acceptors (Lipinski definition) is 4. The third kappa shape index (κ3) is 2.44. The van der Waals surface area contributed by atoms with Crippen LogP contribution in [0.1, 0.15) is 21.5 Å². The van der Waals surface area contributed by atoms with E-state index in [9.17, 15) is 9.59 Å². The van der Waals surface area contributed by atoms with Crippen molar-refractivity contribution in [3.05, 3.63) is 59.2 Å². The number of carbonyl (C=O) groups is 2. The van der Waals surface area contributed by atoms with Crippen LogP contribution in [-0.2, 0) is 17.8 Å². The fraction of sp³-hybridized carbons (Fsp3) is 0.222. The lowest BCUT2D eigenvalue weighted by Gasteiger charge is -2.27. The highest BCUT2D eigenvalue weighted by atomic mass is 16.6. The second-order valence-electron chi connectivity index (χ2n) is 5.60. The van der Waals surface area contributed by atoms with Crippen LogP contribution in [0.4, 0.5) is 0 Å². The van der Waals surface area contributed by atoms with Crippen LogP contribution in [-0.4, -0.2) is 29.9 Å². The normalized spacial score (nSPS) is 16.3. The van der Waals surface area contributed by atoms with Crippen molar-refractivity contribution in [2.75, 3.05) is 13.2 Å². The highest BCUT2D eigenvalue weighted by Crippen LogP contribution is 2.31. The first kappa shape index (κ1) is 13.8. The van der Waals surface area contributed by atoms with Gasteiger partial charge in [-0.25, -0.2) is 0 Å². The minimum atomic E-state index is -0.244. The zero-order valence-corrected chi connectivity index (χ0v) is 12.5. The molecular formula is C18H15NO4. The molecular weight excluding hydrogens is 294 g/mol. The Morgan fingerprint density at radius 3 is 2.61 bits per heavy atom. The molecule has 0 radical (unpaired) electrons. The van der Waals surface area contributed by atoms with Gasteiger partial charge < -0.3 is 9.47 Å². The smallest absolute Gasteiger partial charge is 0.261 e. The van der Waals surface area contributed by atoms with Gasteiger partial charge in [0.25, 0.3) is 5.91 Å². The molecule has 2 aromatic carbocycles. The zero-order valence-electron chi connectivity index (χ0n) is 12.5. The monoisotopic (exact) mass is 309 g/mol. The van der Waals surface area contributed by atoms with Crippen LogP contribution in [0, 0.1) is 0 Å². The van der Waals surface area contributed by atoms with Gasteiger partial charge in [-0.05, 0) is 29.3 Å². The van der Waals surface area contributed by atoms with E-state index in [1.54, 1.807) is 6.07 Å². The first-order chi connectivity index (χ1) is 11.2. The van der Waals surface area contributed by atoms with Crippen LogP contribution in [0.15, 0.2) is 42.5 Å². The van der Waals surface area contributed by atoms with Gasteiger partial charge in [0.2, 0.25) is 5.91 Å². The van der Waals surface area contributed by atoms with E-state index in [0.717, 1.165) is 11.1 Å². The molecule has 2 aliphatic heterocycles. The molecule has 0 N–H and O–H groups in total. The average Bonchev–Trinajstić information content (AvgIpc) is 2.58. The van der Waals surface area contributed by atoms with Crippen molar-refractivity contribution in [3.8, 4) is 11.5 Å². The number of benzene rings is 2. The number of carbonyl (C=O) groups excluding carboxylic acids is 2. The summed E-state index contributed by atoms with van der Waals surface area (Å²) in [6.07, 6.45) is 0.256. The van der Waals surface area contributed by atoms with Gasteiger partial charge in [-0.15, -0.1) is 0 Å². The van der Waals surface area contributed by atoms with E-state index in [1.165, 1.54) is 4.90 Å². The SMILES string of the molecule is O=C1Cc2ccccc2C(=O)N1Cc1ccc2c(c1)OCCO2. The molecule has 2 amide bonds. The fourth-order valence-corrected chi connectivity index (χ4v) is 2.93. The van der Waals surface area contributed by atoms with Gasteiger partial charge in [-0.3, -0.25) is 14.5 Å². The molecule has 0 bridgehead atoms. The minimum absolute atomic E-state index is 0.177. The number of hydrogen-bond donors (Lipinski definition) is 0. The van der Waals surface area contributed by atoms with Crippen LogP contribution in [0.5, 0.6) is 11.5 Å². The molecule has 5 heteroatoms. The van der Waals surface area contributed by atoms with E-state index < -0.39 is 0 Å². The molecule has 0 fully saturated rings. The second kappa shape index (κ2) is 5.43. The van der Waals surface area contributed by atoms with Gasteiger partial charge in [-0.2, -0.15) is 0 Å². The number of imide groups is 1. The Labute approximate surface area is 133 Å². The van der Waals surface area contributed by atoms with Crippen LogP contribution in [0.2, 0.25) is 0 Å². The molecule has 5 nitrogen and oxygen atoms in total. The molecule has 0 aromatic heterocycles. The zero-order chi connectivity index (χ0) is 15.8. The lowest BCUT2D eigenvalue weighted by molar-refractivity contribution is -0.128. The van der Waals surface area contributed by atoms with E-state index in [-0.39, 0.29) is 24.8 Å². The summed E-state index contributed by atoms with van der Waals surface area (Å²) in [5.41, 5.74) is 2.24. The van der Waals surface area contributed by atoms with Crippen LogP contribution >= 0.6 is 0 Å². The minimum Gasteiger partial charge on any atom is -0.486 e. The summed E-state index contributed by atoms with van der Waals surface area (Å²) in [6, 6.07) is 12.7. The highest BCUT2D eigenvalue weighted by Gasteiger charge is 2.30. The Kier molecular flexibility index (Phi) is 3.26. The summed E-state index contributed by atoms with van der Waals surface area (Å²) >= 11 is 0.